The van der Waals surface area contributed by atoms with Crippen molar-refractivity contribution in [1.82, 2.24) is 9.97 Å². The third kappa shape index (κ3) is 6.28. The fraction of sp³-hybridized carbons (Fsp3) is 0.389. The molecule has 0 aliphatic carbocycles. The number of pyridine rings is 2. The van der Waals surface area contributed by atoms with Gasteiger partial charge in [0.05, 0.1) is 12.6 Å². The average Bonchev–Trinajstić information content (AvgIpc) is 2.67. The van der Waals surface area contributed by atoms with Gasteiger partial charge in [-0.2, -0.15) is 0 Å². The molecule has 8 nitrogen and oxygen atoms in total. The quantitative estimate of drug-likeness (QED) is 0.623. The van der Waals surface area contributed by atoms with E-state index in [0.717, 1.165) is 35.4 Å². The Hall–Kier alpha value is -3.45. The summed E-state index contributed by atoms with van der Waals surface area (Å²) < 4.78 is 88.2. The second-order valence-electron chi connectivity index (χ2n) is 6.86. The average molecular weight is 465 g/mol. The van der Waals surface area contributed by atoms with E-state index in [1.165, 1.54) is 0 Å². The van der Waals surface area contributed by atoms with Gasteiger partial charge in [0.1, 0.15) is 24.0 Å². The van der Waals surface area contributed by atoms with Crippen molar-refractivity contribution in [3.63, 3.8) is 0 Å². The molecule has 0 saturated carbocycles. The molecule has 2 aromatic heterocycles. The first kappa shape index (κ1) is 23.2. The van der Waals surface area contributed by atoms with Crippen molar-refractivity contribution in [3.05, 3.63) is 36.3 Å². The lowest BCUT2D eigenvalue weighted by Gasteiger charge is -2.39. The maximum Gasteiger partial charge on any atom is 0.573 e. The third-order valence-corrected chi connectivity index (χ3v) is 4.42. The van der Waals surface area contributed by atoms with Crippen LogP contribution in [-0.2, 0) is 4.74 Å². The summed E-state index contributed by atoms with van der Waals surface area (Å²) in [5, 5.41) is 2.57. The molecule has 1 aliphatic heterocycles. The van der Waals surface area contributed by atoms with Gasteiger partial charge in [-0.25, -0.2) is 27.9 Å². The Morgan fingerprint density at radius 1 is 1.28 bits per heavy atom. The molecule has 0 aromatic carbocycles. The highest BCUT2D eigenvalue weighted by Crippen LogP contribution is 2.35. The molecule has 3 heterocycles. The monoisotopic (exact) mass is 465 g/mol. The van der Waals surface area contributed by atoms with Crippen molar-refractivity contribution in [2.24, 2.45) is 5.73 Å². The van der Waals surface area contributed by atoms with Crippen LogP contribution in [-0.4, -0.2) is 47.5 Å². The molecule has 3 N–H and O–H groups in total. The Labute approximate surface area is 177 Å². The highest BCUT2D eigenvalue weighted by atomic mass is 19.4. The summed E-state index contributed by atoms with van der Waals surface area (Å²) in [4.78, 5) is 19.6. The molecule has 0 spiro atoms. The van der Waals surface area contributed by atoms with Crippen molar-refractivity contribution >= 4 is 23.5 Å². The number of nitrogens with one attached hydrogen (secondary N) is 1. The Balaban J connectivity index is 1.85. The third-order valence-electron chi connectivity index (χ3n) is 4.42. The fourth-order valence-electron chi connectivity index (χ4n) is 3.10. The van der Waals surface area contributed by atoms with Crippen LogP contribution >= 0.6 is 0 Å². The number of carbonyl (C=O) groups is 1. The lowest BCUT2D eigenvalue weighted by molar-refractivity contribution is -0.274. The van der Waals surface area contributed by atoms with Crippen molar-refractivity contribution < 1.29 is 40.6 Å². The number of rotatable bonds is 6. The molecule has 2 aromatic rings. The van der Waals surface area contributed by atoms with E-state index in [1.54, 1.807) is 0 Å². The summed E-state index contributed by atoms with van der Waals surface area (Å²) in [6.45, 7) is -1.25. The number of piperidine rings is 1. The van der Waals surface area contributed by atoms with Gasteiger partial charge in [-0.05, 0) is 24.6 Å². The van der Waals surface area contributed by atoms with Crippen LogP contribution in [0.5, 0.6) is 5.75 Å². The summed E-state index contributed by atoms with van der Waals surface area (Å²) in [5.41, 5.74) is 4.92. The van der Waals surface area contributed by atoms with Gasteiger partial charge in [0, 0.05) is 18.7 Å². The molecule has 174 valence electrons. The molecule has 1 amide bonds. The van der Waals surface area contributed by atoms with Crippen LogP contribution in [0.4, 0.5) is 48.6 Å². The number of primary amides is 1. The largest absolute Gasteiger partial charge is 0.573 e. The van der Waals surface area contributed by atoms with Crippen LogP contribution in [0.15, 0.2) is 30.5 Å². The zero-order chi connectivity index (χ0) is 23.5. The van der Waals surface area contributed by atoms with Gasteiger partial charge in [-0.3, -0.25) is 0 Å². The van der Waals surface area contributed by atoms with Crippen molar-refractivity contribution in [3.8, 4) is 5.75 Å². The molecule has 32 heavy (non-hydrogen) atoms. The smallest absolute Gasteiger partial charge is 0.448 e. The summed E-state index contributed by atoms with van der Waals surface area (Å²) in [5.74, 6) is -5.30. The van der Waals surface area contributed by atoms with Crippen molar-refractivity contribution in [1.29, 1.82) is 0 Å². The summed E-state index contributed by atoms with van der Waals surface area (Å²) in [6, 6.07) is 3.17. The van der Waals surface area contributed by atoms with Crippen LogP contribution in [0.2, 0.25) is 0 Å². The first-order valence-corrected chi connectivity index (χ1v) is 9.14. The highest BCUT2D eigenvalue weighted by molar-refractivity contribution is 5.64. The van der Waals surface area contributed by atoms with E-state index in [1.807, 2.05) is 0 Å². The molecule has 1 saturated heterocycles. The van der Waals surface area contributed by atoms with E-state index in [9.17, 15) is 31.1 Å². The molecule has 1 atom stereocenters. The number of hydrogen-bond donors (Lipinski definition) is 2. The van der Waals surface area contributed by atoms with E-state index in [0.29, 0.717) is 0 Å². The molecule has 14 heteroatoms. The van der Waals surface area contributed by atoms with Crippen LogP contribution in [0.25, 0.3) is 0 Å². The van der Waals surface area contributed by atoms with Gasteiger partial charge < -0.3 is 25.4 Å². The zero-order valence-electron chi connectivity index (χ0n) is 16.2. The minimum atomic E-state index is -4.92. The molecular formula is C18H17F6N5O3. The minimum absolute atomic E-state index is 0.0819. The van der Waals surface area contributed by atoms with Gasteiger partial charge in [-0.1, -0.05) is 0 Å². The molecule has 1 aliphatic rings. The van der Waals surface area contributed by atoms with Crippen LogP contribution in [0.1, 0.15) is 12.8 Å². The normalized spacial score (nSPS) is 18.2. The van der Waals surface area contributed by atoms with Crippen molar-refractivity contribution in [2.75, 3.05) is 23.4 Å². The molecule has 3 rings (SSSR count). The molecule has 1 fully saturated rings. The number of carbonyl (C=O) groups excluding carboxylic acids is 1. The maximum absolute atomic E-state index is 14.5. The second-order valence-corrected chi connectivity index (χ2v) is 6.86. The fourth-order valence-corrected chi connectivity index (χ4v) is 3.10. The van der Waals surface area contributed by atoms with E-state index in [2.05, 4.69) is 20.0 Å². The summed E-state index contributed by atoms with van der Waals surface area (Å²) in [6.07, 6.45) is -5.63. The SMILES string of the molecule is NC(=O)OC[C@H]1CCC(F)(F)CN1c1nc(Nc2cc(OC(F)(F)F)ccn2)ccc1F. The van der Waals surface area contributed by atoms with Gasteiger partial charge in [0.2, 0.25) is 0 Å². The van der Waals surface area contributed by atoms with Crippen molar-refractivity contribution in [2.45, 2.75) is 31.2 Å². The van der Waals surface area contributed by atoms with E-state index in [-0.39, 0.29) is 24.7 Å². The lowest BCUT2D eigenvalue weighted by Crippen LogP contribution is -2.51. The van der Waals surface area contributed by atoms with E-state index in [4.69, 9.17) is 10.5 Å². The first-order chi connectivity index (χ1) is 14.9. The first-order valence-electron chi connectivity index (χ1n) is 9.14. The Morgan fingerprint density at radius 2 is 2.03 bits per heavy atom. The standard InChI is InChI=1S/C18H17F6N5O3/c19-12-1-2-13(27-14-7-11(4-6-26-14)32-18(22,23)24)28-15(12)29-9-17(20,21)5-3-10(29)8-31-16(25)30/h1-2,4,6-7,10H,3,5,8-9H2,(H2,25,30)(H,26,27,28)/t10-/m1/s1. The van der Waals surface area contributed by atoms with Crippen LogP contribution in [0, 0.1) is 5.82 Å². The maximum atomic E-state index is 14.5. The molecule has 0 bridgehead atoms. The van der Waals surface area contributed by atoms with Gasteiger partial charge >= 0.3 is 12.5 Å². The Kier molecular flexibility index (Phi) is 6.50. The second kappa shape index (κ2) is 8.96. The van der Waals surface area contributed by atoms with Gasteiger partial charge in [0.15, 0.2) is 11.6 Å². The Bertz CT molecular complexity index is 974. The Morgan fingerprint density at radius 3 is 2.72 bits per heavy atom. The predicted molar refractivity (Wildman–Crippen MR) is 99.2 cm³/mol. The van der Waals surface area contributed by atoms with E-state index >= 15 is 0 Å². The summed E-state index contributed by atoms with van der Waals surface area (Å²) >= 11 is 0. The minimum Gasteiger partial charge on any atom is -0.448 e. The molecule has 0 radical (unpaired) electrons. The number of nitrogens with zero attached hydrogens (tertiary/aromatic N) is 3. The number of nitrogens with two attached hydrogens (primary N) is 1. The number of hydrogen-bond acceptors (Lipinski definition) is 7. The lowest BCUT2D eigenvalue weighted by atomic mass is 9.99. The van der Waals surface area contributed by atoms with E-state index < -0.39 is 54.8 Å². The number of ether oxygens (including phenoxy) is 2. The van der Waals surface area contributed by atoms with Crippen LogP contribution < -0.4 is 20.7 Å². The molecule has 0 unspecified atom stereocenters. The number of halogens is 6. The van der Waals surface area contributed by atoms with Gasteiger partial charge in [-0.15, -0.1) is 13.2 Å². The topological polar surface area (TPSA) is 103 Å². The highest BCUT2D eigenvalue weighted by Gasteiger charge is 2.42. The number of anilines is 3. The van der Waals surface area contributed by atoms with Gasteiger partial charge in [0.25, 0.3) is 5.92 Å². The number of amides is 1. The number of alkyl halides is 5. The van der Waals surface area contributed by atoms with Crippen LogP contribution in [0.3, 0.4) is 0 Å². The predicted octanol–water partition coefficient (Wildman–Crippen LogP) is 3.96. The molecular weight excluding hydrogens is 448 g/mol. The number of aromatic nitrogens is 2. The zero-order valence-corrected chi connectivity index (χ0v) is 16.2. The summed E-state index contributed by atoms with van der Waals surface area (Å²) in [7, 11) is 0.